The van der Waals surface area contributed by atoms with Crippen LogP contribution in [0.4, 0.5) is 0 Å². The van der Waals surface area contributed by atoms with Crippen LogP contribution in [0.2, 0.25) is 19.6 Å². The van der Waals surface area contributed by atoms with Crippen LogP contribution in [0.1, 0.15) is 26.3 Å². The number of phenolic OH excluding ortho intramolecular Hbond substituents is 1. The molecular formula is C36H36N4OSi. The van der Waals surface area contributed by atoms with Gasteiger partial charge in [0.15, 0.2) is 0 Å². The molecule has 0 spiro atoms. The van der Waals surface area contributed by atoms with E-state index in [0.717, 1.165) is 39.1 Å². The van der Waals surface area contributed by atoms with E-state index in [1.54, 1.807) is 6.07 Å². The van der Waals surface area contributed by atoms with E-state index in [2.05, 4.69) is 75.3 Å². The molecule has 0 saturated heterocycles. The minimum Gasteiger partial charge on any atom is -0.507 e. The van der Waals surface area contributed by atoms with E-state index in [1.807, 2.05) is 67.1 Å². The summed E-state index contributed by atoms with van der Waals surface area (Å²) in [6.07, 6.45) is 5.80. The number of nitrogens with zero attached hydrogens (tertiary/aromatic N) is 4. The first-order chi connectivity index (χ1) is 20.0. The van der Waals surface area contributed by atoms with Crippen LogP contribution in [0.5, 0.6) is 5.75 Å². The van der Waals surface area contributed by atoms with E-state index in [0.29, 0.717) is 11.4 Å². The lowest BCUT2D eigenvalue weighted by molar-refractivity contribution is 0.477. The van der Waals surface area contributed by atoms with Crippen molar-refractivity contribution >= 4 is 24.3 Å². The first-order valence-electron chi connectivity index (χ1n) is 14.3. The number of imidazole rings is 1. The third kappa shape index (κ3) is 5.14. The zero-order valence-electron chi connectivity index (χ0n) is 25.1. The Bertz CT molecular complexity index is 1900. The molecule has 0 bridgehead atoms. The molecule has 0 aliphatic rings. The highest BCUT2D eigenvalue weighted by Crippen LogP contribution is 2.39. The lowest BCUT2D eigenvalue weighted by Gasteiger charge is -2.22. The molecule has 5 nitrogen and oxygen atoms in total. The summed E-state index contributed by atoms with van der Waals surface area (Å²) in [5.41, 5.74) is 8.45. The Morgan fingerprint density at radius 3 is 2.12 bits per heavy atom. The number of aromatic nitrogens is 4. The number of pyridine rings is 2. The van der Waals surface area contributed by atoms with Crippen LogP contribution >= 0.6 is 0 Å². The van der Waals surface area contributed by atoms with E-state index < -0.39 is 8.07 Å². The molecule has 0 amide bonds. The summed E-state index contributed by atoms with van der Waals surface area (Å²) < 4.78 is 2.08. The normalized spacial score (nSPS) is 12.1. The van der Waals surface area contributed by atoms with Crippen LogP contribution in [0.25, 0.3) is 50.5 Å². The minimum absolute atomic E-state index is 0.0747. The van der Waals surface area contributed by atoms with Crippen LogP contribution in [0, 0.1) is 0 Å². The maximum absolute atomic E-state index is 10.8. The van der Waals surface area contributed by atoms with Gasteiger partial charge >= 0.3 is 0 Å². The number of hydrogen-bond acceptors (Lipinski definition) is 4. The highest BCUT2D eigenvalue weighted by Gasteiger charge is 2.23. The van der Waals surface area contributed by atoms with Crippen LogP contribution in [-0.4, -0.2) is 32.7 Å². The molecule has 0 radical (unpaired) electrons. The van der Waals surface area contributed by atoms with Crippen LogP contribution < -0.4 is 5.19 Å². The second kappa shape index (κ2) is 10.4. The van der Waals surface area contributed by atoms with Crippen molar-refractivity contribution in [2.45, 2.75) is 45.8 Å². The van der Waals surface area contributed by atoms with Gasteiger partial charge in [-0.3, -0.25) is 14.5 Å². The first-order valence-corrected chi connectivity index (χ1v) is 17.8. The van der Waals surface area contributed by atoms with Crippen molar-refractivity contribution < 1.29 is 5.11 Å². The Kier molecular flexibility index (Phi) is 6.82. The molecule has 3 aromatic heterocycles. The number of aromatic hydroxyl groups is 1. The van der Waals surface area contributed by atoms with Gasteiger partial charge in [-0.2, -0.15) is 0 Å². The fourth-order valence-electron chi connectivity index (χ4n) is 5.26. The number of rotatable bonds is 5. The molecule has 6 heteroatoms. The fraction of sp³-hybridized carbons (Fsp3) is 0.194. The number of benzene rings is 3. The van der Waals surface area contributed by atoms with Crippen molar-refractivity contribution in [1.29, 1.82) is 0 Å². The molecule has 6 aromatic rings. The molecule has 0 atom stereocenters. The summed E-state index contributed by atoms with van der Waals surface area (Å²) in [5, 5.41) is 12.2. The average molecular weight is 569 g/mol. The van der Waals surface area contributed by atoms with Crippen molar-refractivity contribution in [3.63, 3.8) is 0 Å². The van der Waals surface area contributed by atoms with Gasteiger partial charge in [0.05, 0.1) is 31.0 Å². The molecule has 6 rings (SSSR count). The Balaban J connectivity index is 1.60. The molecule has 0 aliphatic heterocycles. The van der Waals surface area contributed by atoms with Gasteiger partial charge in [0, 0.05) is 29.2 Å². The Hall–Kier alpha value is -4.55. The molecule has 0 unspecified atom stereocenters. The standard InChI is InChI=1S/C36H36N4OSi/c1-36(2,3)26-19-24(18-25(20-26)31-17-16-28(21-38-31)42(4,5)6)30-22-37-23-32-34(30)39-35(29-14-10-11-15-33(29)41)40(32)27-12-8-7-9-13-27/h7-23,41H,1-6H3. The summed E-state index contributed by atoms with van der Waals surface area (Å²) in [6, 6.07) is 28.5. The molecule has 42 heavy (non-hydrogen) atoms. The second-order valence-electron chi connectivity index (χ2n) is 12.9. The average Bonchev–Trinajstić information content (AvgIpc) is 3.36. The maximum atomic E-state index is 10.8. The van der Waals surface area contributed by atoms with Gasteiger partial charge < -0.3 is 5.11 Å². The smallest absolute Gasteiger partial charge is 0.149 e. The molecule has 0 saturated carbocycles. The Morgan fingerprint density at radius 2 is 1.45 bits per heavy atom. The molecule has 1 N–H and O–H groups in total. The predicted octanol–water partition coefficient (Wildman–Crippen LogP) is 8.36. The largest absolute Gasteiger partial charge is 0.507 e. The van der Waals surface area contributed by atoms with Crippen LogP contribution in [0.15, 0.2) is 104 Å². The SMILES string of the molecule is CC(C)(C)c1cc(-c2ccc([Si](C)(C)C)cn2)cc(-c2cncc3c2nc(-c2ccccc2O)n3-c2ccccc2)c1. The van der Waals surface area contributed by atoms with E-state index in [4.69, 9.17) is 15.0 Å². The second-order valence-corrected chi connectivity index (χ2v) is 18.0. The van der Waals surface area contributed by atoms with Gasteiger partial charge in [0.25, 0.3) is 0 Å². The summed E-state index contributed by atoms with van der Waals surface area (Å²) >= 11 is 0. The van der Waals surface area contributed by atoms with Crippen LogP contribution in [0.3, 0.4) is 0 Å². The zero-order chi connectivity index (χ0) is 29.6. The van der Waals surface area contributed by atoms with Gasteiger partial charge in [-0.15, -0.1) is 0 Å². The lowest BCUT2D eigenvalue weighted by Crippen LogP contribution is -2.37. The lowest BCUT2D eigenvalue weighted by atomic mass is 9.84. The van der Waals surface area contributed by atoms with Gasteiger partial charge in [0.1, 0.15) is 17.1 Å². The van der Waals surface area contributed by atoms with Crippen molar-refractivity contribution in [1.82, 2.24) is 19.5 Å². The van der Waals surface area contributed by atoms with Crippen molar-refractivity contribution in [3.8, 4) is 45.2 Å². The predicted molar refractivity (Wildman–Crippen MR) is 176 cm³/mol. The van der Waals surface area contributed by atoms with E-state index in [9.17, 15) is 5.11 Å². The summed E-state index contributed by atoms with van der Waals surface area (Å²) in [6.45, 7) is 13.7. The molecule has 3 aromatic carbocycles. The first kappa shape index (κ1) is 27.6. The van der Waals surface area contributed by atoms with Gasteiger partial charge in [-0.25, -0.2) is 4.98 Å². The fourth-order valence-corrected chi connectivity index (χ4v) is 6.29. The number of fused-ring (bicyclic) bond motifs is 1. The zero-order valence-corrected chi connectivity index (χ0v) is 26.1. The summed E-state index contributed by atoms with van der Waals surface area (Å²) in [7, 11) is -1.45. The quantitative estimate of drug-likeness (QED) is 0.212. The number of hydrogen-bond donors (Lipinski definition) is 1. The Morgan fingerprint density at radius 1 is 0.738 bits per heavy atom. The summed E-state index contributed by atoms with van der Waals surface area (Å²) in [4.78, 5) is 14.8. The van der Waals surface area contributed by atoms with Crippen molar-refractivity contribution in [3.05, 3.63) is 109 Å². The topological polar surface area (TPSA) is 63.8 Å². The minimum atomic E-state index is -1.45. The molecule has 0 fully saturated rings. The molecule has 3 heterocycles. The van der Waals surface area contributed by atoms with Gasteiger partial charge in [0.2, 0.25) is 0 Å². The van der Waals surface area contributed by atoms with E-state index in [-0.39, 0.29) is 11.2 Å². The molecule has 210 valence electrons. The molecular weight excluding hydrogens is 533 g/mol. The molecule has 0 aliphatic carbocycles. The highest BCUT2D eigenvalue weighted by molar-refractivity contribution is 6.88. The number of phenols is 1. The highest BCUT2D eigenvalue weighted by atomic mass is 28.3. The number of para-hydroxylation sites is 2. The van der Waals surface area contributed by atoms with E-state index in [1.165, 1.54) is 10.8 Å². The van der Waals surface area contributed by atoms with Gasteiger partial charge in [-0.05, 0) is 64.2 Å². The maximum Gasteiger partial charge on any atom is 0.149 e. The monoisotopic (exact) mass is 568 g/mol. The van der Waals surface area contributed by atoms with Crippen molar-refractivity contribution in [2.24, 2.45) is 0 Å². The Labute approximate surface area is 248 Å². The summed E-state index contributed by atoms with van der Waals surface area (Å²) in [5.74, 6) is 0.851. The third-order valence-corrected chi connectivity index (χ3v) is 9.79. The van der Waals surface area contributed by atoms with Gasteiger partial charge in [-0.1, -0.05) is 82.9 Å². The van der Waals surface area contributed by atoms with E-state index >= 15 is 0 Å². The third-order valence-electron chi connectivity index (χ3n) is 7.76. The van der Waals surface area contributed by atoms with Crippen LogP contribution in [-0.2, 0) is 5.41 Å². The van der Waals surface area contributed by atoms with Crippen molar-refractivity contribution in [2.75, 3.05) is 0 Å².